The summed E-state index contributed by atoms with van der Waals surface area (Å²) in [6, 6.07) is 10.6. The number of ether oxygens (including phenoxy) is 1. The van der Waals surface area contributed by atoms with Gasteiger partial charge in [0, 0.05) is 19.7 Å². The quantitative estimate of drug-likeness (QED) is 0.849. The number of amides is 1. The molecule has 4 rings (SSSR count). The Balaban J connectivity index is 1.46. The van der Waals surface area contributed by atoms with Crippen molar-refractivity contribution in [1.82, 2.24) is 9.88 Å². The second-order valence-corrected chi connectivity index (χ2v) is 6.90. The van der Waals surface area contributed by atoms with Gasteiger partial charge in [0.1, 0.15) is 6.10 Å². The van der Waals surface area contributed by atoms with Gasteiger partial charge in [0.2, 0.25) is 0 Å². The second kappa shape index (κ2) is 7.40. The van der Waals surface area contributed by atoms with Crippen molar-refractivity contribution < 1.29 is 13.9 Å². The topological polar surface area (TPSA) is 55.6 Å². The van der Waals surface area contributed by atoms with E-state index >= 15 is 0 Å². The maximum Gasteiger partial charge on any atom is 0.276 e. The highest BCUT2D eigenvalue weighted by Crippen LogP contribution is 2.32. The molecule has 1 aromatic heterocycles. The lowest BCUT2D eigenvalue weighted by molar-refractivity contribution is 0.0719. The van der Waals surface area contributed by atoms with E-state index in [4.69, 9.17) is 9.15 Å². The van der Waals surface area contributed by atoms with Gasteiger partial charge in [-0.15, -0.1) is 0 Å². The van der Waals surface area contributed by atoms with E-state index in [-0.39, 0.29) is 12.0 Å². The number of aromatic nitrogens is 1. The minimum absolute atomic E-state index is 0.0204. The van der Waals surface area contributed by atoms with Gasteiger partial charge in [-0.3, -0.25) is 4.79 Å². The van der Waals surface area contributed by atoms with Gasteiger partial charge < -0.3 is 14.1 Å². The van der Waals surface area contributed by atoms with Crippen LogP contribution in [0.2, 0.25) is 0 Å². The fourth-order valence-corrected chi connectivity index (χ4v) is 3.94. The first kappa shape index (κ1) is 16.3. The highest BCUT2D eigenvalue weighted by Gasteiger charge is 2.31. The number of oxazole rings is 1. The highest BCUT2D eigenvalue weighted by molar-refractivity contribution is 5.93. The lowest BCUT2D eigenvalue weighted by atomic mass is 9.92. The SMILES string of the molecule is O=C(c1ncoc1[C@@H]1CCCO1)N1CCC[C@@H](c2ccccc2)CC1. The molecule has 5 heteroatoms. The van der Waals surface area contributed by atoms with E-state index in [1.165, 1.54) is 12.0 Å². The molecule has 2 aromatic rings. The normalized spacial score (nSPS) is 24.2. The third kappa shape index (κ3) is 3.47. The van der Waals surface area contributed by atoms with Crippen LogP contribution in [0.5, 0.6) is 0 Å². The van der Waals surface area contributed by atoms with Gasteiger partial charge in [-0.25, -0.2) is 4.98 Å². The molecule has 0 saturated carbocycles. The van der Waals surface area contributed by atoms with E-state index in [1.54, 1.807) is 0 Å². The molecule has 2 aliphatic heterocycles. The molecule has 0 radical (unpaired) electrons. The average Bonchev–Trinajstić information content (AvgIpc) is 3.28. The van der Waals surface area contributed by atoms with Crippen molar-refractivity contribution in [2.45, 2.75) is 44.1 Å². The number of benzene rings is 1. The Kier molecular flexibility index (Phi) is 4.83. The molecule has 1 aromatic carbocycles. The first-order valence-corrected chi connectivity index (χ1v) is 9.22. The minimum atomic E-state index is -0.120. The van der Waals surface area contributed by atoms with Gasteiger partial charge in [-0.2, -0.15) is 0 Å². The third-order valence-corrected chi connectivity index (χ3v) is 5.31. The van der Waals surface area contributed by atoms with Crippen molar-refractivity contribution in [2.75, 3.05) is 19.7 Å². The molecule has 0 bridgehead atoms. The molecule has 2 aliphatic rings. The number of carbonyl (C=O) groups excluding carboxylic acids is 1. The summed E-state index contributed by atoms with van der Waals surface area (Å²) in [4.78, 5) is 19.1. The molecule has 0 N–H and O–H groups in total. The largest absolute Gasteiger partial charge is 0.445 e. The second-order valence-electron chi connectivity index (χ2n) is 6.90. The standard InChI is InChI=1S/C20H24N2O3/c23-20(18-19(25-14-21-18)17-9-5-13-24-17)22-11-4-8-16(10-12-22)15-6-2-1-3-7-15/h1-3,6-7,14,16-17H,4-5,8-13H2/t16-,17+/m1/s1. The third-order valence-electron chi connectivity index (χ3n) is 5.31. The Morgan fingerprint density at radius 3 is 2.76 bits per heavy atom. The van der Waals surface area contributed by atoms with Gasteiger partial charge in [0.05, 0.1) is 0 Å². The molecular formula is C20H24N2O3. The Bertz CT molecular complexity index is 707. The maximum absolute atomic E-state index is 13.0. The van der Waals surface area contributed by atoms with E-state index in [0.29, 0.717) is 17.4 Å². The zero-order chi connectivity index (χ0) is 17.1. The Morgan fingerprint density at radius 2 is 1.96 bits per heavy atom. The van der Waals surface area contributed by atoms with E-state index in [2.05, 4.69) is 29.2 Å². The van der Waals surface area contributed by atoms with Gasteiger partial charge in [-0.1, -0.05) is 30.3 Å². The van der Waals surface area contributed by atoms with Crippen molar-refractivity contribution in [3.05, 3.63) is 53.7 Å². The Hall–Kier alpha value is -2.14. The van der Waals surface area contributed by atoms with Crippen LogP contribution in [-0.4, -0.2) is 35.5 Å². The van der Waals surface area contributed by atoms with E-state index in [1.807, 2.05) is 11.0 Å². The molecule has 0 spiro atoms. The summed E-state index contributed by atoms with van der Waals surface area (Å²) < 4.78 is 11.2. The summed E-state index contributed by atoms with van der Waals surface area (Å²) in [5, 5.41) is 0. The Labute approximate surface area is 148 Å². The number of carbonyl (C=O) groups is 1. The molecule has 2 atom stereocenters. The average molecular weight is 340 g/mol. The van der Waals surface area contributed by atoms with Crippen LogP contribution in [0.1, 0.15) is 65.9 Å². The van der Waals surface area contributed by atoms with Crippen LogP contribution in [0.25, 0.3) is 0 Å². The fourth-order valence-electron chi connectivity index (χ4n) is 3.94. The number of likely N-dealkylation sites (tertiary alicyclic amines) is 1. The number of nitrogens with zero attached hydrogens (tertiary/aromatic N) is 2. The minimum Gasteiger partial charge on any atom is -0.445 e. The number of rotatable bonds is 3. The van der Waals surface area contributed by atoms with E-state index in [0.717, 1.165) is 51.8 Å². The zero-order valence-corrected chi connectivity index (χ0v) is 14.4. The van der Waals surface area contributed by atoms with Crippen molar-refractivity contribution in [1.29, 1.82) is 0 Å². The van der Waals surface area contributed by atoms with Crippen LogP contribution in [0.3, 0.4) is 0 Å². The maximum atomic E-state index is 13.0. The first-order chi connectivity index (χ1) is 12.3. The van der Waals surface area contributed by atoms with Crippen molar-refractivity contribution >= 4 is 5.91 Å². The highest BCUT2D eigenvalue weighted by atomic mass is 16.5. The summed E-state index contributed by atoms with van der Waals surface area (Å²) in [7, 11) is 0. The summed E-state index contributed by atoms with van der Waals surface area (Å²) in [5.74, 6) is 1.10. The molecule has 2 fully saturated rings. The Morgan fingerprint density at radius 1 is 1.08 bits per heavy atom. The zero-order valence-electron chi connectivity index (χ0n) is 14.4. The van der Waals surface area contributed by atoms with Crippen LogP contribution in [0.15, 0.2) is 41.1 Å². The first-order valence-electron chi connectivity index (χ1n) is 9.22. The molecule has 1 amide bonds. The molecular weight excluding hydrogens is 316 g/mol. The van der Waals surface area contributed by atoms with Crippen molar-refractivity contribution in [3.8, 4) is 0 Å². The predicted molar refractivity (Wildman–Crippen MR) is 93.4 cm³/mol. The van der Waals surface area contributed by atoms with Gasteiger partial charge in [0.15, 0.2) is 17.8 Å². The van der Waals surface area contributed by atoms with E-state index < -0.39 is 0 Å². The summed E-state index contributed by atoms with van der Waals surface area (Å²) >= 11 is 0. The fraction of sp³-hybridized carbons (Fsp3) is 0.500. The van der Waals surface area contributed by atoms with E-state index in [9.17, 15) is 4.79 Å². The molecule has 2 saturated heterocycles. The monoisotopic (exact) mass is 340 g/mol. The lowest BCUT2D eigenvalue weighted by Crippen LogP contribution is -2.33. The molecule has 0 aliphatic carbocycles. The lowest BCUT2D eigenvalue weighted by Gasteiger charge is -2.20. The van der Waals surface area contributed by atoms with Crippen LogP contribution < -0.4 is 0 Å². The summed E-state index contributed by atoms with van der Waals surface area (Å²) in [6.45, 7) is 2.26. The molecule has 0 unspecified atom stereocenters. The van der Waals surface area contributed by atoms with Crippen LogP contribution >= 0.6 is 0 Å². The molecule has 5 nitrogen and oxygen atoms in total. The number of hydrogen-bond acceptors (Lipinski definition) is 4. The van der Waals surface area contributed by atoms with Crippen LogP contribution in [-0.2, 0) is 4.74 Å². The van der Waals surface area contributed by atoms with Crippen LogP contribution in [0.4, 0.5) is 0 Å². The van der Waals surface area contributed by atoms with Crippen molar-refractivity contribution in [2.24, 2.45) is 0 Å². The van der Waals surface area contributed by atoms with Crippen molar-refractivity contribution in [3.63, 3.8) is 0 Å². The molecule has 132 valence electrons. The molecule has 3 heterocycles. The van der Waals surface area contributed by atoms with Crippen LogP contribution in [0, 0.1) is 0 Å². The predicted octanol–water partition coefficient (Wildman–Crippen LogP) is 3.94. The van der Waals surface area contributed by atoms with Gasteiger partial charge >= 0.3 is 0 Å². The molecule has 25 heavy (non-hydrogen) atoms. The summed E-state index contributed by atoms with van der Waals surface area (Å²) in [6.07, 6.45) is 6.26. The van der Waals surface area contributed by atoms with Gasteiger partial charge in [0.25, 0.3) is 5.91 Å². The number of hydrogen-bond donors (Lipinski definition) is 0. The summed E-state index contributed by atoms with van der Waals surface area (Å²) in [5.41, 5.74) is 1.81. The smallest absolute Gasteiger partial charge is 0.276 e. The van der Waals surface area contributed by atoms with Gasteiger partial charge in [-0.05, 0) is 43.6 Å².